The number of para-hydroxylation sites is 2. The van der Waals surface area contributed by atoms with Gasteiger partial charge in [-0.25, -0.2) is 4.98 Å². The fourth-order valence-electron chi connectivity index (χ4n) is 2.64. The molecule has 2 aromatic carbocycles. The second kappa shape index (κ2) is 4.84. The van der Waals surface area contributed by atoms with E-state index in [0.717, 1.165) is 22.3 Å². The summed E-state index contributed by atoms with van der Waals surface area (Å²) in [5, 5.41) is 19.3. The van der Waals surface area contributed by atoms with Gasteiger partial charge in [-0.2, -0.15) is 0 Å². The molecule has 0 aliphatic carbocycles. The summed E-state index contributed by atoms with van der Waals surface area (Å²) >= 11 is 0. The summed E-state index contributed by atoms with van der Waals surface area (Å²) < 4.78 is 1.93. The second-order valence-electron chi connectivity index (χ2n) is 5.17. The largest absolute Gasteiger partial charge is 0.272 e. The van der Waals surface area contributed by atoms with Crippen LogP contribution < -0.4 is 0 Å². The Hall–Kier alpha value is -3.35. The first-order chi connectivity index (χ1) is 11.1. The monoisotopic (exact) mass is 305 g/mol. The highest BCUT2D eigenvalue weighted by Crippen LogP contribution is 2.25. The summed E-state index contributed by atoms with van der Waals surface area (Å²) in [5.41, 5.74) is 4.01. The maximum absolute atomic E-state index is 10.8. The Balaban J connectivity index is 2.02. The lowest BCUT2D eigenvalue weighted by atomic mass is 10.2. The van der Waals surface area contributed by atoms with Gasteiger partial charge in [0.25, 0.3) is 5.69 Å². The maximum Gasteiger partial charge on any atom is 0.269 e. The maximum atomic E-state index is 10.8. The van der Waals surface area contributed by atoms with Crippen LogP contribution in [0, 0.1) is 17.0 Å². The van der Waals surface area contributed by atoms with Crippen LogP contribution in [0.25, 0.3) is 28.1 Å². The molecule has 0 atom stereocenters. The molecule has 0 radical (unpaired) electrons. The normalized spacial score (nSPS) is 11.2. The fourth-order valence-corrected chi connectivity index (χ4v) is 2.64. The van der Waals surface area contributed by atoms with Gasteiger partial charge in [-0.05, 0) is 31.2 Å². The molecule has 4 aromatic rings. The molecule has 23 heavy (non-hydrogen) atoms. The highest BCUT2D eigenvalue weighted by molar-refractivity contribution is 5.81. The molecule has 0 saturated carbocycles. The zero-order valence-electron chi connectivity index (χ0n) is 12.2. The molecule has 2 heterocycles. The van der Waals surface area contributed by atoms with Gasteiger partial charge < -0.3 is 0 Å². The molecule has 7 nitrogen and oxygen atoms in total. The summed E-state index contributed by atoms with van der Waals surface area (Å²) in [6.07, 6.45) is 0. The van der Waals surface area contributed by atoms with Crippen LogP contribution in [0.3, 0.4) is 0 Å². The summed E-state index contributed by atoms with van der Waals surface area (Å²) in [6, 6.07) is 14.0. The predicted molar refractivity (Wildman–Crippen MR) is 85.1 cm³/mol. The van der Waals surface area contributed by atoms with Gasteiger partial charge in [0.1, 0.15) is 0 Å². The minimum atomic E-state index is -0.421. The average Bonchev–Trinajstić information content (AvgIpc) is 3.01. The molecule has 0 saturated heterocycles. The number of rotatable bonds is 2. The molecule has 0 unspecified atom stereocenters. The minimum absolute atomic E-state index is 0.0466. The third-order valence-electron chi connectivity index (χ3n) is 3.73. The number of nitro benzene ring substituents is 1. The van der Waals surface area contributed by atoms with Crippen molar-refractivity contribution in [3.8, 4) is 11.4 Å². The Labute approximate surface area is 130 Å². The van der Waals surface area contributed by atoms with E-state index in [-0.39, 0.29) is 5.69 Å². The topological polar surface area (TPSA) is 86.2 Å². The zero-order valence-corrected chi connectivity index (χ0v) is 12.2. The van der Waals surface area contributed by atoms with Crippen molar-refractivity contribution in [3.05, 3.63) is 64.3 Å². The van der Waals surface area contributed by atoms with E-state index in [1.165, 1.54) is 12.1 Å². The highest BCUT2D eigenvalue weighted by atomic mass is 16.6. The molecular weight excluding hydrogens is 294 g/mol. The SMILES string of the molecule is Cc1nc2ccccc2n2c(-c3ccc([N+](=O)[O-])cc3)nnc12. The first-order valence-corrected chi connectivity index (χ1v) is 7.00. The number of fused-ring (bicyclic) bond motifs is 3. The van der Waals surface area contributed by atoms with Crippen molar-refractivity contribution < 1.29 is 4.92 Å². The van der Waals surface area contributed by atoms with Gasteiger partial charge in [0.05, 0.1) is 21.7 Å². The van der Waals surface area contributed by atoms with Crippen LogP contribution in [0.2, 0.25) is 0 Å². The van der Waals surface area contributed by atoms with Crippen molar-refractivity contribution in [1.29, 1.82) is 0 Å². The lowest BCUT2D eigenvalue weighted by Crippen LogP contribution is -1.97. The van der Waals surface area contributed by atoms with Crippen molar-refractivity contribution in [2.24, 2.45) is 0 Å². The van der Waals surface area contributed by atoms with Crippen molar-refractivity contribution in [1.82, 2.24) is 19.6 Å². The van der Waals surface area contributed by atoms with Gasteiger partial charge in [-0.15, -0.1) is 10.2 Å². The van der Waals surface area contributed by atoms with Gasteiger partial charge in [0.15, 0.2) is 11.5 Å². The standard InChI is InChI=1S/C16H11N5O2/c1-10-15-18-19-16(11-6-8-12(9-7-11)21(22)23)20(15)14-5-3-2-4-13(14)17-10/h2-9H,1H3. The Bertz CT molecular complexity index is 1050. The summed E-state index contributed by atoms with van der Waals surface area (Å²) in [4.78, 5) is 14.9. The fraction of sp³-hybridized carbons (Fsp3) is 0.0625. The predicted octanol–water partition coefficient (Wildman–Crippen LogP) is 3.16. The molecular formula is C16H11N5O2. The van der Waals surface area contributed by atoms with Gasteiger partial charge >= 0.3 is 0 Å². The molecule has 4 rings (SSSR count). The number of hydrogen-bond acceptors (Lipinski definition) is 5. The zero-order chi connectivity index (χ0) is 16.0. The quantitative estimate of drug-likeness (QED) is 0.419. The van der Waals surface area contributed by atoms with Crippen molar-refractivity contribution >= 4 is 22.4 Å². The van der Waals surface area contributed by atoms with Crippen LogP contribution in [0.1, 0.15) is 5.69 Å². The Kier molecular flexibility index (Phi) is 2.80. The Morgan fingerprint density at radius 1 is 1.04 bits per heavy atom. The molecule has 2 aromatic heterocycles. The van der Waals surface area contributed by atoms with Crippen LogP contribution in [-0.2, 0) is 0 Å². The molecule has 0 amide bonds. The molecule has 0 fully saturated rings. The van der Waals surface area contributed by atoms with E-state index in [9.17, 15) is 10.1 Å². The van der Waals surface area contributed by atoms with Crippen LogP contribution in [0.5, 0.6) is 0 Å². The van der Waals surface area contributed by atoms with E-state index in [4.69, 9.17) is 0 Å². The van der Waals surface area contributed by atoms with Crippen LogP contribution in [0.15, 0.2) is 48.5 Å². The first kappa shape index (κ1) is 13.3. The number of nitro groups is 1. The van der Waals surface area contributed by atoms with E-state index in [1.54, 1.807) is 12.1 Å². The van der Waals surface area contributed by atoms with E-state index < -0.39 is 4.92 Å². The molecule has 112 valence electrons. The Morgan fingerprint density at radius 2 is 1.78 bits per heavy atom. The van der Waals surface area contributed by atoms with Crippen molar-refractivity contribution in [3.63, 3.8) is 0 Å². The van der Waals surface area contributed by atoms with E-state index >= 15 is 0 Å². The molecule has 0 bridgehead atoms. The third kappa shape index (κ3) is 2.02. The van der Waals surface area contributed by atoms with Crippen LogP contribution >= 0.6 is 0 Å². The molecule has 0 aliphatic rings. The molecule has 0 N–H and O–H groups in total. The lowest BCUT2D eigenvalue weighted by Gasteiger charge is -2.06. The average molecular weight is 305 g/mol. The number of aromatic nitrogens is 4. The van der Waals surface area contributed by atoms with E-state index in [1.807, 2.05) is 35.6 Å². The Morgan fingerprint density at radius 3 is 2.52 bits per heavy atom. The van der Waals surface area contributed by atoms with E-state index in [2.05, 4.69) is 15.2 Å². The number of non-ortho nitro benzene ring substituents is 1. The van der Waals surface area contributed by atoms with E-state index in [0.29, 0.717) is 11.5 Å². The van der Waals surface area contributed by atoms with Crippen LogP contribution in [-0.4, -0.2) is 24.5 Å². The number of aryl methyl sites for hydroxylation is 1. The molecule has 0 aliphatic heterocycles. The van der Waals surface area contributed by atoms with Gasteiger partial charge in [0, 0.05) is 17.7 Å². The smallest absolute Gasteiger partial charge is 0.269 e. The van der Waals surface area contributed by atoms with Crippen LogP contribution in [0.4, 0.5) is 5.69 Å². The lowest BCUT2D eigenvalue weighted by molar-refractivity contribution is -0.384. The van der Waals surface area contributed by atoms with Crippen molar-refractivity contribution in [2.45, 2.75) is 6.92 Å². The number of nitrogens with zero attached hydrogens (tertiary/aromatic N) is 5. The van der Waals surface area contributed by atoms with Crippen molar-refractivity contribution in [2.75, 3.05) is 0 Å². The second-order valence-corrected chi connectivity index (χ2v) is 5.17. The highest BCUT2D eigenvalue weighted by Gasteiger charge is 2.15. The molecule has 7 heteroatoms. The molecule has 0 spiro atoms. The number of hydrogen-bond donors (Lipinski definition) is 0. The summed E-state index contributed by atoms with van der Waals surface area (Å²) in [5.74, 6) is 0.636. The van der Waals surface area contributed by atoms with Gasteiger partial charge in [0.2, 0.25) is 0 Å². The third-order valence-corrected chi connectivity index (χ3v) is 3.73. The van der Waals surface area contributed by atoms with Gasteiger partial charge in [-0.1, -0.05) is 12.1 Å². The number of benzene rings is 2. The van der Waals surface area contributed by atoms with Gasteiger partial charge in [-0.3, -0.25) is 14.5 Å². The summed E-state index contributed by atoms with van der Waals surface area (Å²) in [6.45, 7) is 1.88. The minimum Gasteiger partial charge on any atom is -0.272 e. The first-order valence-electron chi connectivity index (χ1n) is 7.00. The summed E-state index contributed by atoms with van der Waals surface area (Å²) in [7, 11) is 0.